The smallest absolute Gasteiger partial charge is 0.261 e. The van der Waals surface area contributed by atoms with E-state index < -0.39 is 23.1 Å². The van der Waals surface area contributed by atoms with Crippen molar-refractivity contribution in [2.45, 2.75) is 31.0 Å². The molecule has 0 aliphatic carbocycles. The van der Waals surface area contributed by atoms with Crippen molar-refractivity contribution in [3.05, 3.63) is 16.5 Å². The quantitative estimate of drug-likeness (QED) is 0.636. The lowest BCUT2D eigenvalue weighted by Gasteiger charge is -2.05. The standard InChI is InChI=1S/C12H20F2N2O3S2/c1-3-15-7-10-9(2)6-12(20-10)21(17,18)16-4-5-19-8-11(13)14/h6,11,15-16H,3-5,7-8H2,1-2H3. The van der Waals surface area contributed by atoms with Crippen LogP contribution in [-0.2, 0) is 21.3 Å². The molecule has 21 heavy (non-hydrogen) atoms. The minimum absolute atomic E-state index is 0.0332. The largest absolute Gasteiger partial charge is 0.374 e. The number of alkyl halides is 2. The second-order valence-electron chi connectivity index (χ2n) is 4.32. The monoisotopic (exact) mass is 342 g/mol. The number of ether oxygens (including phenoxy) is 1. The van der Waals surface area contributed by atoms with E-state index in [1.807, 2.05) is 13.8 Å². The Morgan fingerprint density at radius 2 is 2.14 bits per heavy atom. The van der Waals surface area contributed by atoms with Crippen LogP contribution in [0.5, 0.6) is 0 Å². The van der Waals surface area contributed by atoms with Crippen molar-refractivity contribution >= 4 is 21.4 Å². The molecule has 0 saturated heterocycles. The summed E-state index contributed by atoms with van der Waals surface area (Å²) in [6.07, 6.45) is -2.55. The summed E-state index contributed by atoms with van der Waals surface area (Å²) in [7, 11) is -3.61. The summed E-state index contributed by atoms with van der Waals surface area (Å²) in [5.41, 5.74) is 0.912. The van der Waals surface area contributed by atoms with Crippen LogP contribution in [0.25, 0.3) is 0 Å². The third-order valence-corrected chi connectivity index (χ3v) is 5.75. The van der Waals surface area contributed by atoms with Crippen molar-refractivity contribution in [3.63, 3.8) is 0 Å². The lowest BCUT2D eigenvalue weighted by Crippen LogP contribution is -2.27. The van der Waals surface area contributed by atoms with E-state index in [0.29, 0.717) is 6.54 Å². The van der Waals surface area contributed by atoms with Gasteiger partial charge < -0.3 is 10.1 Å². The Kier molecular flexibility index (Phi) is 7.67. The van der Waals surface area contributed by atoms with Gasteiger partial charge in [0.1, 0.15) is 10.8 Å². The van der Waals surface area contributed by atoms with Crippen LogP contribution in [0.1, 0.15) is 17.4 Å². The third kappa shape index (κ3) is 6.35. The van der Waals surface area contributed by atoms with Crippen molar-refractivity contribution < 1.29 is 21.9 Å². The van der Waals surface area contributed by atoms with Gasteiger partial charge in [0.15, 0.2) is 0 Å². The van der Waals surface area contributed by atoms with Gasteiger partial charge in [-0.3, -0.25) is 0 Å². The van der Waals surface area contributed by atoms with E-state index >= 15 is 0 Å². The number of hydrogen-bond acceptors (Lipinski definition) is 5. The SMILES string of the molecule is CCNCc1sc(S(=O)(=O)NCCOCC(F)F)cc1C. The molecular weight excluding hydrogens is 322 g/mol. The van der Waals surface area contributed by atoms with Crippen molar-refractivity contribution in [2.75, 3.05) is 26.3 Å². The first-order valence-corrected chi connectivity index (χ1v) is 8.82. The van der Waals surface area contributed by atoms with Gasteiger partial charge in [-0.15, -0.1) is 11.3 Å². The molecule has 0 unspecified atom stereocenters. The summed E-state index contributed by atoms with van der Waals surface area (Å²) in [5.74, 6) is 0. The Balaban J connectivity index is 2.54. The third-order valence-electron chi connectivity index (χ3n) is 2.58. The van der Waals surface area contributed by atoms with E-state index in [1.165, 1.54) is 11.3 Å². The van der Waals surface area contributed by atoms with Gasteiger partial charge in [-0.25, -0.2) is 21.9 Å². The Morgan fingerprint density at radius 1 is 1.43 bits per heavy atom. The molecule has 122 valence electrons. The van der Waals surface area contributed by atoms with Gasteiger partial charge >= 0.3 is 0 Å². The van der Waals surface area contributed by atoms with Crippen LogP contribution in [0.15, 0.2) is 10.3 Å². The molecular formula is C12H20F2N2O3S2. The van der Waals surface area contributed by atoms with Crippen LogP contribution in [0.3, 0.4) is 0 Å². The van der Waals surface area contributed by atoms with Crippen molar-refractivity contribution in [1.82, 2.24) is 10.0 Å². The number of thiophene rings is 1. The maximum atomic E-state index is 12.0. The zero-order chi connectivity index (χ0) is 15.9. The highest BCUT2D eigenvalue weighted by atomic mass is 32.2. The molecule has 5 nitrogen and oxygen atoms in total. The summed E-state index contributed by atoms with van der Waals surface area (Å²) in [5, 5.41) is 3.14. The first kappa shape index (κ1) is 18.4. The Hall–Kier alpha value is -0.610. The lowest BCUT2D eigenvalue weighted by molar-refractivity contribution is 0.0199. The highest BCUT2D eigenvalue weighted by Crippen LogP contribution is 2.25. The molecule has 0 aliphatic heterocycles. The Bertz CT molecular complexity index is 533. The highest BCUT2D eigenvalue weighted by Gasteiger charge is 2.18. The molecule has 0 atom stereocenters. The second-order valence-corrected chi connectivity index (χ2v) is 7.45. The number of rotatable bonds is 10. The maximum absolute atomic E-state index is 12.0. The number of sulfonamides is 1. The normalized spacial score (nSPS) is 12.2. The summed E-state index contributed by atoms with van der Waals surface area (Å²) in [4.78, 5) is 0.964. The van der Waals surface area contributed by atoms with E-state index in [1.54, 1.807) is 6.07 Å². The van der Waals surface area contributed by atoms with Crippen LogP contribution in [-0.4, -0.2) is 41.1 Å². The first-order chi connectivity index (χ1) is 9.86. The molecule has 0 spiro atoms. The van der Waals surface area contributed by atoms with Gasteiger partial charge in [0.2, 0.25) is 10.0 Å². The maximum Gasteiger partial charge on any atom is 0.261 e. The van der Waals surface area contributed by atoms with Gasteiger partial charge in [-0.2, -0.15) is 0 Å². The molecule has 1 rings (SSSR count). The average molecular weight is 342 g/mol. The molecule has 1 heterocycles. The number of hydrogen-bond donors (Lipinski definition) is 2. The van der Waals surface area contributed by atoms with Crippen LogP contribution in [0, 0.1) is 6.92 Å². The molecule has 1 aromatic rings. The van der Waals surface area contributed by atoms with Gasteiger partial charge in [0.05, 0.1) is 6.61 Å². The summed E-state index contributed by atoms with van der Waals surface area (Å²) in [6, 6.07) is 1.61. The molecule has 0 fully saturated rings. The fourth-order valence-corrected chi connectivity index (χ4v) is 4.14. The zero-order valence-electron chi connectivity index (χ0n) is 12.0. The molecule has 0 saturated carbocycles. The molecule has 0 aliphatic rings. The molecule has 0 amide bonds. The molecule has 0 radical (unpaired) electrons. The first-order valence-electron chi connectivity index (χ1n) is 6.52. The van der Waals surface area contributed by atoms with E-state index in [-0.39, 0.29) is 17.4 Å². The van der Waals surface area contributed by atoms with Crippen LogP contribution < -0.4 is 10.0 Å². The highest BCUT2D eigenvalue weighted by molar-refractivity contribution is 7.91. The fraction of sp³-hybridized carbons (Fsp3) is 0.667. The predicted molar refractivity (Wildman–Crippen MR) is 78.4 cm³/mol. The summed E-state index contributed by atoms with van der Waals surface area (Å²) < 4.78 is 55.0. The van der Waals surface area contributed by atoms with E-state index in [4.69, 9.17) is 0 Å². The van der Waals surface area contributed by atoms with Gasteiger partial charge in [0, 0.05) is 18.0 Å². The number of aryl methyl sites for hydroxylation is 1. The van der Waals surface area contributed by atoms with Crippen molar-refractivity contribution in [1.29, 1.82) is 0 Å². The van der Waals surface area contributed by atoms with Gasteiger partial charge in [0.25, 0.3) is 6.43 Å². The topological polar surface area (TPSA) is 67.4 Å². The van der Waals surface area contributed by atoms with Gasteiger partial charge in [-0.1, -0.05) is 6.92 Å². The fourth-order valence-electron chi connectivity index (χ4n) is 1.53. The van der Waals surface area contributed by atoms with E-state index in [9.17, 15) is 17.2 Å². The summed E-state index contributed by atoms with van der Waals surface area (Å²) >= 11 is 1.20. The van der Waals surface area contributed by atoms with E-state index in [2.05, 4.69) is 14.8 Å². The second kappa shape index (κ2) is 8.74. The van der Waals surface area contributed by atoms with E-state index in [0.717, 1.165) is 17.0 Å². The molecule has 2 N–H and O–H groups in total. The Morgan fingerprint density at radius 3 is 2.76 bits per heavy atom. The van der Waals surface area contributed by atoms with Gasteiger partial charge in [-0.05, 0) is 25.1 Å². The lowest BCUT2D eigenvalue weighted by atomic mass is 10.3. The van der Waals surface area contributed by atoms with Crippen LogP contribution in [0.4, 0.5) is 8.78 Å². The minimum atomic E-state index is -3.61. The molecule has 0 aromatic carbocycles. The molecule has 1 aromatic heterocycles. The average Bonchev–Trinajstić information content (AvgIpc) is 2.77. The summed E-state index contributed by atoms with van der Waals surface area (Å²) in [6.45, 7) is 4.45. The molecule has 0 bridgehead atoms. The van der Waals surface area contributed by atoms with Crippen molar-refractivity contribution in [2.24, 2.45) is 0 Å². The molecule has 9 heteroatoms. The zero-order valence-corrected chi connectivity index (χ0v) is 13.6. The van der Waals surface area contributed by atoms with Crippen molar-refractivity contribution in [3.8, 4) is 0 Å². The number of nitrogens with one attached hydrogen (secondary N) is 2. The minimum Gasteiger partial charge on any atom is -0.374 e. The number of halogens is 2. The van der Waals surface area contributed by atoms with Crippen LogP contribution >= 0.6 is 11.3 Å². The predicted octanol–water partition coefficient (Wildman–Crippen LogP) is 1.73. The van der Waals surface area contributed by atoms with Crippen LogP contribution in [0.2, 0.25) is 0 Å². The Labute approximate surface area is 127 Å².